The highest BCUT2D eigenvalue weighted by atomic mass is 19.4. The van der Waals surface area contributed by atoms with Gasteiger partial charge in [0.2, 0.25) is 5.91 Å². The Kier molecular flexibility index (Phi) is 5.42. The molecular weight excluding hydrogens is 373 g/mol. The van der Waals surface area contributed by atoms with Crippen molar-refractivity contribution in [1.29, 1.82) is 0 Å². The van der Waals surface area contributed by atoms with E-state index in [9.17, 15) is 23.1 Å². The molecule has 0 saturated heterocycles. The summed E-state index contributed by atoms with van der Waals surface area (Å²) in [6.07, 6.45) is -5.87. The van der Waals surface area contributed by atoms with E-state index in [4.69, 9.17) is 4.74 Å². The Morgan fingerprint density at radius 1 is 1.21 bits per heavy atom. The second-order valence-electron chi connectivity index (χ2n) is 6.46. The van der Waals surface area contributed by atoms with E-state index in [1.807, 2.05) is 0 Å². The van der Waals surface area contributed by atoms with E-state index in [0.717, 1.165) is 5.56 Å². The summed E-state index contributed by atoms with van der Waals surface area (Å²) < 4.78 is 45.9. The Balaban J connectivity index is 1.87. The van der Waals surface area contributed by atoms with Crippen molar-refractivity contribution in [3.05, 3.63) is 65.7 Å². The van der Waals surface area contributed by atoms with E-state index in [1.165, 1.54) is 13.2 Å². The number of methoxy groups -OCH3 is 1. The van der Waals surface area contributed by atoms with Crippen molar-refractivity contribution in [1.82, 2.24) is 5.01 Å². The topological polar surface area (TPSA) is 62.1 Å². The van der Waals surface area contributed by atoms with Gasteiger partial charge in [-0.3, -0.25) is 4.79 Å². The third kappa shape index (κ3) is 3.87. The molecule has 1 heterocycles. The van der Waals surface area contributed by atoms with Gasteiger partial charge in [-0.15, -0.1) is 0 Å². The summed E-state index contributed by atoms with van der Waals surface area (Å²) in [5.74, 6) is -0.467. The van der Waals surface area contributed by atoms with Crippen molar-refractivity contribution in [2.24, 2.45) is 5.10 Å². The highest BCUT2D eigenvalue weighted by molar-refractivity contribution is 6.03. The molecule has 2 aromatic rings. The molecule has 3 rings (SSSR count). The molecule has 28 heavy (non-hydrogen) atoms. The minimum absolute atomic E-state index is 0.0354. The molecule has 0 bridgehead atoms. The van der Waals surface area contributed by atoms with Gasteiger partial charge in [0.15, 0.2) is 0 Å². The second-order valence-corrected chi connectivity index (χ2v) is 6.46. The van der Waals surface area contributed by atoms with Crippen molar-refractivity contribution >= 4 is 11.6 Å². The van der Waals surface area contributed by atoms with E-state index < -0.39 is 24.2 Å². The van der Waals surface area contributed by atoms with Gasteiger partial charge >= 0.3 is 6.18 Å². The maximum atomic E-state index is 13.6. The van der Waals surface area contributed by atoms with Crippen LogP contribution in [-0.4, -0.2) is 40.7 Å². The number of carbonyl (C=O) groups is 1. The largest absolute Gasteiger partial charge is 0.497 e. The molecule has 5 nitrogen and oxygen atoms in total. The smallest absolute Gasteiger partial charge is 0.438 e. The van der Waals surface area contributed by atoms with E-state index >= 15 is 0 Å². The van der Waals surface area contributed by atoms with Gasteiger partial charge in [0, 0.05) is 12.0 Å². The Morgan fingerprint density at radius 3 is 2.57 bits per heavy atom. The monoisotopic (exact) mass is 392 g/mol. The number of amides is 1. The molecule has 1 aliphatic rings. The van der Waals surface area contributed by atoms with Crippen LogP contribution in [0.25, 0.3) is 0 Å². The first kappa shape index (κ1) is 19.9. The van der Waals surface area contributed by atoms with Crippen molar-refractivity contribution in [3.63, 3.8) is 0 Å². The number of benzene rings is 2. The molecule has 148 valence electrons. The van der Waals surface area contributed by atoms with Gasteiger partial charge in [0.05, 0.1) is 19.2 Å². The lowest BCUT2D eigenvalue weighted by Crippen LogP contribution is -2.56. The average Bonchev–Trinajstić information content (AvgIpc) is 3.06. The average molecular weight is 392 g/mol. The summed E-state index contributed by atoms with van der Waals surface area (Å²) in [7, 11) is 1.43. The van der Waals surface area contributed by atoms with E-state index in [0.29, 0.717) is 11.3 Å². The molecule has 1 amide bonds. The molecule has 0 aliphatic carbocycles. The van der Waals surface area contributed by atoms with Crippen LogP contribution in [0.3, 0.4) is 0 Å². The van der Waals surface area contributed by atoms with Crippen molar-refractivity contribution in [2.45, 2.75) is 31.2 Å². The molecule has 0 aromatic heterocycles. The Morgan fingerprint density at radius 2 is 1.93 bits per heavy atom. The summed E-state index contributed by atoms with van der Waals surface area (Å²) in [6.45, 7) is 0. The van der Waals surface area contributed by atoms with Crippen LogP contribution in [0.4, 0.5) is 13.2 Å². The second kappa shape index (κ2) is 7.63. The molecule has 1 aliphatic heterocycles. The minimum atomic E-state index is -5.06. The molecule has 0 fully saturated rings. The van der Waals surface area contributed by atoms with E-state index in [2.05, 4.69) is 5.10 Å². The maximum Gasteiger partial charge on any atom is 0.438 e. The molecule has 0 radical (unpaired) electrons. The van der Waals surface area contributed by atoms with Crippen LogP contribution < -0.4 is 4.74 Å². The normalized spacial score (nSPS) is 19.5. The Labute approximate surface area is 160 Å². The number of nitrogens with zero attached hydrogens (tertiary/aromatic N) is 2. The number of aryl methyl sites for hydroxylation is 1. The summed E-state index contributed by atoms with van der Waals surface area (Å²) in [4.78, 5) is 12.5. The number of aliphatic hydroxyl groups is 1. The summed E-state index contributed by atoms with van der Waals surface area (Å²) in [5, 5.41) is 14.4. The molecular formula is C20H19F3N2O3. The lowest BCUT2D eigenvalue weighted by molar-refractivity contribution is -0.302. The minimum Gasteiger partial charge on any atom is -0.497 e. The molecule has 0 saturated carbocycles. The Hall–Kier alpha value is -2.87. The lowest BCUT2D eigenvalue weighted by atomic mass is 10.0. The first-order chi connectivity index (χ1) is 13.2. The first-order valence-electron chi connectivity index (χ1n) is 8.62. The number of carbonyl (C=O) groups excluding carboxylic acids is 1. The predicted molar refractivity (Wildman–Crippen MR) is 96.8 cm³/mol. The molecule has 1 N–H and O–H groups in total. The maximum absolute atomic E-state index is 13.6. The third-order valence-corrected chi connectivity index (χ3v) is 4.55. The van der Waals surface area contributed by atoms with Crippen molar-refractivity contribution < 1.29 is 27.8 Å². The first-order valence-corrected chi connectivity index (χ1v) is 8.62. The van der Waals surface area contributed by atoms with Crippen LogP contribution >= 0.6 is 0 Å². The number of alkyl halides is 3. The number of hydrogen-bond donors (Lipinski definition) is 1. The molecule has 1 atom stereocenters. The van der Waals surface area contributed by atoms with E-state index in [1.54, 1.807) is 48.5 Å². The van der Waals surface area contributed by atoms with Gasteiger partial charge in [-0.2, -0.15) is 23.3 Å². The standard InChI is InChI=1S/C20H19F3N2O3/c1-28-16-9-5-8-15(12-16)17-13-19(27,20(21,22)23)25(24-17)18(26)11-10-14-6-3-2-4-7-14/h2-9,12,27H,10-11,13H2,1H3. The van der Waals surface area contributed by atoms with Gasteiger partial charge in [-0.1, -0.05) is 42.5 Å². The lowest BCUT2D eigenvalue weighted by Gasteiger charge is -2.32. The van der Waals surface area contributed by atoms with Crippen LogP contribution in [0.5, 0.6) is 5.75 Å². The number of hydrazone groups is 1. The fourth-order valence-corrected chi connectivity index (χ4v) is 2.99. The van der Waals surface area contributed by atoms with Crippen LogP contribution in [0.15, 0.2) is 59.7 Å². The van der Waals surface area contributed by atoms with Gasteiger partial charge in [0.1, 0.15) is 5.75 Å². The zero-order valence-corrected chi connectivity index (χ0v) is 15.1. The number of halogens is 3. The molecule has 8 heteroatoms. The van der Waals surface area contributed by atoms with Crippen molar-refractivity contribution in [3.8, 4) is 5.75 Å². The third-order valence-electron chi connectivity index (χ3n) is 4.55. The van der Waals surface area contributed by atoms with Gasteiger partial charge in [0.25, 0.3) is 5.72 Å². The van der Waals surface area contributed by atoms with Crippen LogP contribution in [0.1, 0.15) is 24.0 Å². The summed E-state index contributed by atoms with van der Waals surface area (Å²) in [5.41, 5.74) is -2.26. The van der Waals surface area contributed by atoms with Gasteiger partial charge < -0.3 is 9.84 Å². The fraction of sp³-hybridized carbons (Fsp3) is 0.300. The molecule has 0 spiro atoms. The highest BCUT2D eigenvalue weighted by Crippen LogP contribution is 2.41. The Bertz CT molecular complexity index is 884. The number of rotatable bonds is 5. The van der Waals surface area contributed by atoms with Crippen molar-refractivity contribution in [2.75, 3.05) is 7.11 Å². The van der Waals surface area contributed by atoms with Crippen LogP contribution in [0, 0.1) is 0 Å². The zero-order valence-electron chi connectivity index (χ0n) is 15.1. The summed E-state index contributed by atoms with van der Waals surface area (Å²) in [6, 6.07) is 15.2. The molecule has 2 aromatic carbocycles. The van der Waals surface area contributed by atoms with Gasteiger partial charge in [-0.25, -0.2) is 0 Å². The number of hydrogen-bond acceptors (Lipinski definition) is 4. The van der Waals surface area contributed by atoms with Crippen LogP contribution in [0.2, 0.25) is 0 Å². The van der Waals surface area contributed by atoms with Crippen LogP contribution in [-0.2, 0) is 11.2 Å². The number of ether oxygens (including phenoxy) is 1. The van der Waals surface area contributed by atoms with Gasteiger partial charge in [-0.05, 0) is 24.1 Å². The SMILES string of the molecule is COc1cccc(C2=NN(C(=O)CCc3ccccc3)C(O)(C(F)(F)F)C2)c1. The highest BCUT2D eigenvalue weighted by Gasteiger charge is 2.63. The quantitative estimate of drug-likeness (QED) is 0.847. The fourth-order valence-electron chi connectivity index (χ4n) is 2.99. The summed E-state index contributed by atoms with van der Waals surface area (Å²) >= 11 is 0. The predicted octanol–water partition coefficient (Wildman–Crippen LogP) is 3.52. The zero-order chi connectivity index (χ0) is 20.4. The molecule has 1 unspecified atom stereocenters. The van der Waals surface area contributed by atoms with E-state index in [-0.39, 0.29) is 23.6 Å².